The molecule has 1 heterocycles. The number of aryl methyl sites for hydroxylation is 3. The summed E-state index contributed by atoms with van der Waals surface area (Å²) in [7, 11) is 0. The van der Waals surface area contributed by atoms with Crippen molar-refractivity contribution >= 4 is 46.6 Å². The summed E-state index contributed by atoms with van der Waals surface area (Å²) in [5.41, 5.74) is 2.89. The second-order valence-electron chi connectivity index (χ2n) is 6.59. The van der Waals surface area contributed by atoms with Gasteiger partial charge in [-0.3, -0.25) is 4.79 Å². The van der Waals surface area contributed by atoms with E-state index in [2.05, 4.69) is 15.5 Å². The lowest BCUT2D eigenvalue weighted by molar-refractivity contribution is -0.113. The maximum absolute atomic E-state index is 12.2. The first-order chi connectivity index (χ1) is 14.4. The number of rotatable bonds is 9. The number of anilines is 1. The molecule has 1 N–H and O–H groups in total. The van der Waals surface area contributed by atoms with Crippen LogP contribution in [-0.2, 0) is 11.2 Å². The van der Waals surface area contributed by atoms with E-state index in [1.807, 2.05) is 32.0 Å². The van der Waals surface area contributed by atoms with Crippen LogP contribution in [0.3, 0.4) is 0 Å². The van der Waals surface area contributed by atoms with Crippen LogP contribution in [0.15, 0.2) is 46.0 Å². The number of halogens is 2. The van der Waals surface area contributed by atoms with Crippen LogP contribution in [0.25, 0.3) is 0 Å². The van der Waals surface area contributed by atoms with Gasteiger partial charge in [0, 0.05) is 17.1 Å². The first-order valence-corrected chi connectivity index (χ1v) is 11.1. The summed E-state index contributed by atoms with van der Waals surface area (Å²) in [5, 5.41) is 12.3. The van der Waals surface area contributed by atoms with Gasteiger partial charge in [0.2, 0.25) is 11.8 Å². The molecule has 30 heavy (non-hydrogen) atoms. The highest BCUT2D eigenvalue weighted by Gasteiger charge is 2.12. The first kappa shape index (κ1) is 22.5. The van der Waals surface area contributed by atoms with E-state index in [9.17, 15) is 4.79 Å². The number of thioether (sulfide) groups is 1. The molecule has 3 rings (SSSR count). The minimum atomic E-state index is -0.120. The summed E-state index contributed by atoms with van der Waals surface area (Å²) in [6, 6.07) is 11.0. The highest BCUT2D eigenvalue weighted by Crippen LogP contribution is 2.27. The number of nitrogens with one attached hydrogen (secondary N) is 1. The van der Waals surface area contributed by atoms with Gasteiger partial charge in [-0.15, -0.1) is 10.2 Å². The Balaban J connectivity index is 1.41. The molecule has 0 aliphatic rings. The lowest BCUT2D eigenvalue weighted by Crippen LogP contribution is -2.15. The molecule has 9 heteroatoms. The summed E-state index contributed by atoms with van der Waals surface area (Å²) < 4.78 is 11.2. The Morgan fingerprint density at radius 1 is 1.17 bits per heavy atom. The summed E-state index contributed by atoms with van der Waals surface area (Å²) in [6.45, 7) is 4.37. The van der Waals surface area contributed by atoms with Gasteiger partial charge in [0.1, 0.15) is 5.75 Å². The number of ether oxygens (including phenoxy) is 1. The van der Waals surface area contributed by atoms with Crippen LogP contribution in [0.4, 0.5) is 5.69 Å². The van der Waals surface area contributed by atoms with Crippen molar-refractivity contribution in [2.75, 3.05) is 17.7 Å². The minimum absolute atomic E-state index is 0.120. The minimum Gasteiger partial charge on any atom is -0.492 e. The van der Waals surface area contributed by atoms with Crippen LogP contribution >= 0.6 is 35.0 Å². The molecule has 3 aromatic rings. The Labute approximate surface area is 189 Å². The molecule has 0 unspecified atom stereocenters. The van der Waals surface area contributed by atoms with Crippen molar-refractivity contribution in [3.8, 4) is 5.75 Å². The molecule has 0 spiro atoms. The van der Waals surface area contributed by atoms with E-state index in [-0.39, 0.29) is 11.7 Å². The predicted molar refractivity (Wildman–Crippen MR) is 120 cm³/mol. The lowest BCUT2D eigenvalue weighted by atomic mass is 10.1. The number of nitrogens with zero attached hydrogens (tertiary/aromatic N) is 2. The molecule has 158 valence electrons. The molecule has 0 fully saturated rings. The highest BCUT2D eigenvalue weighted by atomic mass is 35.5. The Morgan fingerprint density at radius 3 is 2.67 bits per heavy atom. The van der Waals surface area contributed by atoms with Gasteiger partial charge in [0.15, 0.2) is 0 Å². The molecule has 0 bridgehead atoms. The number of carbonyl (C=O) groups excluding carboxylic acids is 1. The highest BCUT2D eigenvalue weighted by molar-refractivity contribution is 7.99. The zero-order valence-corrected chi connectivity index (χ0v) is 18.9. The van der Waals surface area contributed by atoms with E-state index >= 15 is 0 Å². The average molecular weight is 466 g/mol. The van der Waals surface area contributed by atoms with Crippen LogP contribution in [-0.4, -0.2) is 28.5 Å². The van der Waals surface area contributed by atoms with Crippen molar-refractivity contribution in [3.05, 3.63) is 63.5 Å². The second kappa shape index (κ2) is 10.7. The molecular formula is C21H21Cl2N3O3S. The third-order valence-corrected chi connectivity index (χ3v) is 5.56. The fourth-order valence-electron chi connectivity index (χ4n) is 2.71. The largest absolute Gasteiger partial charge is 0.492 e. The standard InChI is InChI=1S/C21H21Cl2N3O3S/c1-13-5-3-6-14(2)20(13)24-18(27)12-30-21-26-25-19(29-21)7-4-10-28-17-9-8-15(22)11-16(17)23/h3,5-6,8-9,11H,4,7,10,12H2,1-2H3,(H,24,27). The molecule has 0 aliphatic heterocycles. The third kappa shape index (κ3) is 6.39. The number of amides is 1. The van der Waals surface area contributed by atoms with E-state index in [0.29, 0.717) is 46.4 Å². The van der Waals surface area contributed by atoms with Gasteiger partial charge in [-0.05, 0) is 49.6 Å². The van der Waals surface area contributed by atoms with Crippen LogP contribution in [0.5, 0.6) is 5.75 Å². The molecule has 1 amide bonds. The van der Waals surface area contributed by atoms with Crippen molar-refractivity contribution in [2.45, 2.75) is 31.9 Å². The molecule has 1 aromatic heterocycles. The molecule has 0 aliphatic carbocycles. The van der Waals surface area contributed by atoms with Gasteiger partial charge in [0.25, 0.3) is 5.22 Å². The predicted octanol–water partition coefficient (Wildman–Crippen LogP) is 5.74. The molecule has 0 atom stereocenters. The molecule has 0 radical (unpaired) electrons. The van der Waals surface area contributed by atoms with Gasteiger partial charge in [-0.2, -0.15) is 0 Å². The zero-order valence-electron chi connectivity index (χ0n) is 16.6. The number of para-hydroxylation sites is 1. The number of benzene rings is 2. The summed E-state index contributed by atoms with van der Waals surface area (Å²) >= 11 is 13.1. The Hall–Kier alpha value is -2.22. The monoisotopic (exact) mass is 465 g/mol. The molecule has 6 nitrogen and oxygen atoms in total. The summed E-state index contributed by atoms with van der Waals surface area (Å²) in [6.07, 6.45) is 1.24. The van der Waals surface area contributed by atoms with E-state index in [1.54, 1.807) is 18.2 Å². The van der Waals surface area contributed by atoms with E-state index in [0.717, 1.165) is 16.8 Å². The summed E-state index contributed by atoms with van der Waals surface area (Å²) in [4.78, 5) is 12.2. The topological polar surface area (TPSA) is 77.2 Å². The van der Waals surface area contributed by atoms with Crippen molar-refractivity contribution in [1.29, 1.82) is 0 Å². The fraction of sp³-hybridized carbons (Fsp3) is 0.286. The average Bonchev–Trinajstić information content (AvgIpc) is 3.16. The Morgan fingerprint density at radius 2 is 1.93 bits per heavy atom. The van der Waals surface area contributed by atoms with Gasteiger partial charge >= 0.3 is 0 Å². The zero-order chi connectivity index (χ0) is 21.5. The number of hydrogen-bond donors (Lipinski definition) is 1. The van der Waals surface area contributed by atoms with Crippen LogP contribution in [0, 0.1) is 13.8 Å². The van der Waals surface area contributed by atoms with Gasteiger partial charge in [0.05, 0.1) is 17.4 Å². The van der Waals surface area contributed by atoms with Gasteiger partial charge in [-0.25, -0.2) is 0 Å². The Bertz CT molecular complexity index is 1010. The Kier molecular flexibility index (Phi) is 8.01. The van der Waals surface area contributed by atoms with Gasteiger partial charge in [-0.1, -0.05) is 53.2 Å². The number of hydrogen-bond acceptors (Lipinski definition) is 6. The maximum atomic E-state index is 12.2. The normalized spacial score (nSPS) is 10.8. The van der Waals surface area contributed by atoms with Crippen LogP contribution in [0.1, 0.15) is 23.4 Å². The van der Waals surface area contributed by atoms with E-state index in [4.69, 9.17) is 32.4 Å². The van der Waals surface area contributed by atoms with E-state index in [1.165, 1.54) is 11.8 Å². The van der Waals surface area contributed by atoms with Crippen molar-refractivity contribution in [2.24, 2.45) is 0 Å². The van der Waals surface area contributed by atoms with E-state index < -0.39 is 0 Å². The first-order valence-electron chi connectivity index (χ1n) is 9.31. The van der Waals surface area contributed by atoms with Gasteiger partial charge < -0.3 is 14.5 Å². The lowest BCUT2D eigenvalue weighted by Gasteiger charge is -2.10. The quantitative estimate of drug-likeness (QED) is 0.320. The van der Waals surface area contributed by atoms with Crippen LogP contribution in [0.2, 0.25) is 10.0 Å². The third-order valence-electron chi connectivity index (χ3n) is 4.21. The SMILES string of the molecule is Cc1cccc(C)c1NC(=O)CSc1nnc(CCCOc2ccc(Cl)cc2Cl)o1. The smallest absolute Gasteiger partial charge is 0.277 e. The number of carbonyl (C=O) groups is 1. The van der Waals surface area contributed by atoms with Crippen molar-refractivity contribution < 1.29 is 13.9 Å². The molecule has 2 aromatic carbocycles. The number of aromatic nitrogens is 2. The molecular weight excluding hydrogens is 445 g/mol. The molecule has 0 saturated heterocycles. The van der Waals surface area contributed by atoms with Crippen LogP contribution < -0.4 is 10.1 Å². The maximum Gasteiger partial charge on any atom is 0.277 e. The fourth-order valence-corrected chi connectivity index (χ4v) is 3.75. The second-order valence-corrected chi connectivity index (χ2v) is 8.36. The summed E-state index contributed by atoms with van der Waals surface area (Å²) in [5.74, 6) is 1.15. The van der Waals surface area contributed by atoms with Crippen molar-refractivity contribution in [3.63, 3.8) is 0 Å². The van der Waals surface area contributed by atoms with Crippen molar-refractivity contribution in [1.82, 2.24) is 10.2 Å². The molecule has 0 saturated carbocycles.